The van der Waals surface area contributed by atoms with Crippen LogP contribution in [0.4, 0.5) is 0 Å². The standard InChI is InChI=1S/C22H26N4O2/c27-15-19-13-26(12-18(19)8-4-7-16-5-2-1-3-6-16)14-22(28)17-9-10-20-21(11-17)24-25-23-20/h1-3,5-6,9-11,18-19,27H,4,7-8,12-15H2,(H,23,24,25)/t18-,19-/m1/s1. The lowest BCUT2D eigenvalue weighted by Gasteiger charge is -2.16. The monoisotopic (exact) mass is 378 g/mol. The number of carbonyl (C=O) groups excluding carboxylic acids is 1. The third-order valence-electron chi connectivity index (χ3n) is 5.78. The second-order valence-corrected chi connectivity index (χ2v) is 7.72. The van der Waals surface area contributed by atoms with Gasteiger partial charge in [-0.25, -0.2) is 0 Å². The highest BCUT2D eigenvalue weighted by atomic mass is 16.3. The van der Waals surface area contributed by atoms with Gasteiger partial charge in [0.1, 0.15) is 11.0 Å². The van der Waals surface area contributed by atoms with Crippen LogP contribution < -0.4 is 0 Å². The van der Waals surface area contributed by atoms with E-state index in [0.29, 0.717) is 23.5 Å². The molecule has 0 saturated carbocycles. The maximum Gasteiger partial charge on any atom is 0.176 e. The fourth-order valence-electron chi connectivity index (χ4n) is 4.22. The van der Waals surface area contributed by atoms with Crippen LogP contribution in [0.2, 0.25) is 0 Å². The number of fused-ring (bicyclic) bond motifs is 1. The first kappa shape index (κ1) is 18.8. The number of H-pyrrole nitrogens is 1. The number of nitrogens with one attached hydrogen (secondary N) is 1. The van der Waals surface area contributed by atoms with Crippen LogP contribution in [-0.4, -0.2) is 57.4 Å². The highest BCUT2D eigenvalue weighted by Crippen LogP contribution is 2.28. The third-order valence-corrected chi connectivity index (χ3v) is 5.78. The molecule has 4 rings (SSSR count). The van der Waals surface area contributed by atoms with Crippen LogP contribution in [0.15, 0.2) is 48.5 Å². The van der Waals surface area contributed by atoms with Gasteiger partial charge >= 0.3 is 0 Å². The fraction of sp³-hybridized carbons (Fsp3) is 0.409. The minimum atomic E-state index is 0.0894. The summed E-state index contributed by atoms with van der Waals surface area (Å²) in [5, 5.41) is 20.4. The fourth-order valence-corrected chi connectivity index (χ4v) is 4.22. The van der Waals surface area contributed by atoms with E-state index in [-0.39, 0.29) is 18.3 Å². The predicted molar refractivity (Wildman–Crippen MR) is 108 cm³/mol. The van der Waals surface area contributed by atoms with Crippen LogP contribution in [-0.2, 0) is 6.42 Å². The van der Waals surface area contributed by atoms with Gasteiger partial charge in [-0.3, -0.25) is 9.69 Å². The predicted octanol–water partition coefficient (Wildman–Crippen LogP) is 2.70. The number of carbonyl (C=O) groups is 1. The summed E-state index contributed by atoms with van der Waals surface area (Å²) in [5.41, 5.74) is 3.49. The Labute approximate surface area is 164 Å². The van der Waals surface area contributed by atoms with Crippen LogP contribution >= 0.6 is 0 Å². The number of aryl methyl sites for hydroxylation is 1. The molecular weight excluding hydrogens is 352 g/mol. The average Bonchev–Trinajstić information content (AvgIpc) is 3.34. The molecular formula is C22H26N4O2. The molecule has 1 saturated heterocycles. The number of likely N-dealkylation sites (tertiary alicyclic amines) is 1. The van der Waals surface area contributed by atoms with Crippen LogP contribution in [0.3, 0.4) is 0 Å². The van der Waals surface area contributed by atoms with Crippen LogP contribution in [0.5, 0.6) is 0 Å². The van der Waals surface area contributed by atoms with E-state index in [9.17, 15) is 9.90 Å². The number of hydrogen-bond acceptors (Lipinski definition) is 5. The third kappa shape index (κ3) is 4.29. The Morgan fingerprint density at radius 2 is 1.86 bits per heavy atom. The summed E-state index contributed by atoms with van der Waals surface area (Å²) in [4.78, 5) is 14.9. The van der Waals surface area contributed by atoms with Crippen molar-refractivity contribution in [2.24, 2.45) is 11.8 Å². The Bertz CT molecular complexity index is 924. The van der Waals surface area contributed by atoms with Gasteiger partial charge in [0, 0.05) is 25.3 Å². The van der Waals surface area contributed by atoms with Crippen molar-refractivity contribution in [3.8, 4) is 0 Å². The van der Waals surface area contributed by atoms with E-state index in [1.807, 2.05) is 18.2 Å². The minimum Gasteiger partial charge on any atom is -0.396 e. The molecule has 1 aromatic heterocycles. The number of hydrogen-bond donors (Lipinski definition) is 2. The number of aromatic amines is 1. The van der Waals surface area contributed by atoms with Gasteiger partial charge in [-0.15, -0.1) is 0 Å². The Hall–Kier alpha value is -2.57. The minimum absolute atomic E-state index is 0.0894. The molecule has 0 unspecified atom stereocenters. The molecule has 2 N–H and O–H groups in total. The Balaban J connectivity index is 1.32. The largest absolute Gasteiger partial charge is 0.396 e. The Morgan fingerprint density at radius 3 is 2.68 bits per heavy atom. The first-order chi connectivity index (χ1) is 13.7. The number of benzene rings is 2. The van der Waals surface area contributed by atoms with Crippen molar-refractivity contribution in [3.05, 3.63) is 59.7 Å². The van der Waals surface area contributed by atoms with Gasteiger partial charge in [0.25, 0.3) is 0 Å². The lowest BCUT2D eigenvalue weighted by Crippen LogP contribution is -2.28. The topological polar surface area (TPSA) is 82.1 Å². The summed E-state index contributed by atoms with van der Waals surface area (Å²) in [6.45, 7) is 2.23. The van der Waals surface area contributed by atoms with Crippen LogP contribution in [0.1, 0.15) is 28.8 Å². The van der Waals surface area contributed by atoms with Crippen molar-refractivity contribution >= 4 is 16.8 Å². The Kier molecular flexibility index (Phi) is 5.78. The van der Waals surface area contributed by atoms with Crippen LogP contribution in [0, 0.1) is 11.8 Å². The summed E-state index contributed by atoms with van der Waals surface area (Å²) in [6.07, 6.45) is 3.25. The van der Waals surface area contributed by atoms with E-state index in [4.69, 9.17) is 0 Å². The van der Waals surface area contributed by atoms with Crippen LogP contribution in [0.25, 0.3) is 11.0 Å². The van der Waals surface area contributed by atoms with Crippen molar-refractivity contribution in [2.75, 3.05) is 26.2 Å². The first-order valence-corrected chi connectivity index (χ1v) is 9.94. The summed E-state index contributed by atoms with van der Waals surface area (Å²) in [7, 11) is 0. The molecule has 28 heavy (non-hydrogen) atoms. The van der Waals surface area contributed by atoms with Gasteiger partial charge in [0.05, 0.1) is 6.54 Å². The maximum absolute atomic E-state index is 12.7. The van der Waals surface area contributed by atoms with Gasteiger partial charge < -0.3 is 5.11 Å². The zero-order valence-electron chi connectivity index (χ0n) is 15.9. The maximum atomic E-state index is 12.7. The number of ketones is 1. The van der Waals surface area contributed by atoms with Crippen molar-refractivity contribution in [2.45, 2.75) is 19.3 Å². The lowest BCUT2D eigenvalue weighted by molar-refractivity contribution is 0.0940. The van der Waals surface area contributed by atoms with E-state index in [1.54, 1.807) is 6.07 Å². The molecule has 2 aromatic carbocycles. The lowest BCUT2D eigenvalue weighted by atomic mass is 9.91. The molecule has 1 fully saturated rings. The molecule has 0 amide bonds. The quantitative estimate of drug-likeness (QED) is 0.589. The molecule has 6 nitrogen and oxygen atoms in total. The molecule has 6 heteroatoms. The van der Waals surface area contributed by atoms with E-state index < -0.39 is 0 Å². The van der Waals surface area contributed by atoms with Crippen molar-refractivity contribution in [1.29, 1.82) is 0 Å². The molecule has 2 heterocycles. The molecule has 1 aliphatic heterocycles. The number of aliphatic hydroxyl groups excluding tert-OH is 1. The molecule has 0 aliphatic carbocycles. The molecule has 0 bridgehead atoms. The number of nitrogens with zero attached hydrogens (tertiary/aromatic N) is 3. The highest BCUT2D eigenvalue weighted by Gasteiger charge is 2.32. The second-order valence-electron chi connectivity index (χ2n) is 7.72. The van der Waals surface area contributed by atoms with Gasteiger partial charge in [0.15, 0.2) is 5.78 Å². The summed E-state index contributed by atoms with van der Waals surface area (Å²) in [6, 6.07) is 15.9. The highest BCUT2D eigenvalue weighted by molar-refractivity contribution is 6.00. The summed E-state index contributed by atoms with van der Waals surface area (Å²) < 4.78 is 0. The van der Waals surface area contributed by atoms with E-state index in [2.05, 4.69) is 44.6 Å². The molecule has 0 spiro atoms. The zero-order chi connectivity index (χ0) is 19.3. The normalized spacial score (nSPS) is 20.0. The zero-order valence-corrected chi connectivity index (χ0v) is 15.9. The van der Waals surface area contributed by atoms with Crippen molar-refractivity contribution < 1.29 is 9.90 Å². The van der Waals surface area contributed by atoms with Gasteiger partial charge in [-0.2, -0.15) is 15.4 Å². The first-order valence-electron chi connectivity index (χ1n) is 9.94. The van der Waals surface area contributed by atoms with Gasteiger partial charge in [0.2, 0.25) is 0 Å². The SMILES string of the molecule is O=C(CN1C[C@@H](CCCc2ccccc2)[C@@H](CO)C1)c1ccc2n[nH]nc2c1. The summed E-state index contributed by atoms with van der Waals surface area (Å²) in [5.74, 6) is 0.785. The number of rotatable bonds is 8. The summed E-state index contributed by atoms with van der Waals surface area (Å²) >= 11 is 0. The van der Waals surface area contributed by atoms with Gasteiger partial charge in [-0.1, -0.05) is 30.3 Å². The van der Waals surface area contributed by atoms with Crippen molar-refractivity contribution in [1.82, 2.24) is 20.3 Å². The van der Waals surface area contributed by atoms with E-state index in [0.717, 1.165) is 37.9 Å². The average molecular weight is 378 g/mol. The van der Waals surface area contributed by atoms with Crippen molar-refractivity contribution in [3.63, 3.8) is 0 Å². The smallest absolute Gasteiger partial charge is 0.176 e. The second kappa shape index (κ2) is 8.63. The molecule has 146 valence electrons. The van der Waals surface area contributed by atoms with E-state index >= 15 is 0 Å². The van der Waals surface area contributed by atoms with Gasteiger partial charge in [-0.05, 0) is 54.9 Å². The molecule has 0 radical (unpaired) electrons. The molecule has 1 aliphatic rings. The Morgan fingerprint density at radius 1 is 1.07 bits per heavy atom. The van der Waals surface area contributed by atoms with E-state index in [1.165, 1.54) is 5.56 Å². The number of aromatic nitrogens is 3. The molecule has 3 aromatic rings. The number of Topliss-reactive ketones (excluding diaryl/α,β-unsaturated/α-hetero) is 1. The molecule has 2 atom stereocenters. The number of aliphatic hydroxyl groups is 1.